The molecular weight excluding hydrogens is 1370 g/mol. The van der Waals surface area contributed by atoms with Gasteiger partial charge in [0.2, 0.25) is 0 Å². The van der Waals surface area contributed by atoms with E-state index in [4.69, 9.17) is 0 Å². The fourth-order valence-corrected chi connectivity index (χ4v) is 17.5. The average molecular weight is 1450 g/mol. The molecule has 0 bridgehead atoms. The fraction of sp³-hybridized carbons (Fsp3) is 0. The molecule has 0 aliphatic rings. The first-order valence-electron chi connectivity index (χ1n) is 39.4. The zero-order valence-electron chi connectivity index (χ0n) is 63.0. The molecule has 0 atom stereocenters. The van der Waals surface area contributed by atoms with E-state index in [9.17, 15) is 0 Å². The SMILES string of the molecule is c1ccc(-c2c(-c3ccccc3)c(-c3ccccc3)c(-c3ccc(-c4c(-c5ccccc5)c(-c5ccccc5)c(-c5ccccc5)c(-c5ccccc5)c4-c4ccc(-c5c(-c6ccccc6)c(-c6ccccc6)c(-c6ccccc6)c(-c6ccccc6)c5-c5ccccc5)cc4)cc3)c(-c3ccccc3)c2-c2ccccc2)cc1. The summed E-state index contributed by atoms with van der Waals surface area (Å²) in [5, 5.41) is 0. The van der Waals surface area contributed by atoms with E-state index in [2.05, 4.69) is 473 Å². The Morgan fingerprint density at radius 1 is 0.0526 bits per heavy atom. The van der Waals surface area contributed by atoms with E-state index in [-0.39, 0.29) is 0 Å². The third-order valence-electron chi connectivity index (χ3n) is 22.3. The minimum Gasteiger partial charge on any atom is -0.0622 e. The molecule has 0 saturated carbocycles. The van der Waals surface area contributed by atoms with Gasteiger partial charge in [-0.25, -0.2) is 0 Å². The molecule has 19 rings (SSSR count). The fourth-order valence-electron chi connectivity index (χ4n) is 17.5. The van der Waals surface area contributed by atoms with Gasteiger partial charge in [-0.3, -0.25) is 0 Å². The Bertz CT molecular complexity index is 5910. The summed E-state index contributed by atoms with van der Waals surface area (Å²) in [6, 6.07) is 175. The highest BCUT2D eigenvalue weighted by Gasteiger charge is 2.34. The molecule has 0 aliphatic heterocycles. The first kappa shape index (κ1) is 69.6. The van der Waals surface area contributed by atoms with Crippen LogP contribution in [-0.2, 0) is 0 Å². The zero-order chi connectivity index (χ0) is 75.9. The molecule has 0 radical (unpaired) electrons. The van der Waals surface area contributed by atoms with Crippen LogP contribution >= 0.6 is 0 Å². The summed E-state index contributed by atoms with van der Waals surface area (Å²) in [5.74, 6) is 0. The molecule has 534 valence electrons. The van der Waals surface area contributed by atoms with Crippen molar-refractivity contribution >= 4 is 0 Å². The summed E-state index contributed by atoms with van der Waals surface area (Å²) in [6.45, 7) is 0. The van der Waals surface area contributed by atoms with E-state index in [1.807, 2.05) is 0 Å². The van der Waals surface area contributed by atoms with Crippen LogP contribution in [0.25, 0.3) is 200 Å². The van der Waals surface area contributed by atoms with Crippen molar-refractivity contribution < 1.29 is 0 Å². The number of hydrogen-bond acceptors (Lipinski definition) is 0. The lowest BCUT2D eigenvalue weighted by Crippen LogP contribution is -2.03. The molecule has 19 aromatic rings. The minimum atomic E-state index is 1.08. The lowest BCUT2D eigenvalue weighted by atomic mass is 9.73. The highest BCUT2D eigenvalue weighted by molar-refractivity contribution is 6.19. The van der Waals surface area contributed by atoms with Crippen molar-refractivity contribution in [2.24, 2.45) is 0 Å². The van der Waals surface area contributed by atoms with Crippen LogP contribution in [0, 0.1) is 0 Å². The van der Waals surface area contributed by atoms with Crippen molar-refractivity contribution in [3.8, 4) is 200 Å². The molecule has 0 amide bonds. The van der Waals surface area contributed by atoms with Crippen LogP contribution in [0.1, 0.15) is 0 Å². The van der Waals surface area contributed by atoms with Crippen LogP contribution in [0.5, 0.6) is 0 Å². The topological polar surface area (TPSA) is 0 Å². The van der Waals surface area contributed by atoms with Gasteiger partial charge in [-0.05, 0) is 200 Å². The lowest BCUT2D eigenvalue weighted by Gasteiger charge is -2.30. The van der Waals surface area contributed by atoms with Crippen LogP contribution in [0.2, 0.25) is 0 Å². The van der Waals surface area contributed by atoms with Crippen molar-refractivity contribution in [2.45, 2.75) is 0 Å². The van der Waals surface area contributed by atoms with Crippen molar-refractivity contribution in [1.29, 1.82) is 0 Å². The predicted octanol–water partition coefficient (Wildman–Crippen LogP) is 31.7. The van der Waals surface area contributed by atoms with E-state index in [1.54, 1.807) is 0 Å². The maximum absolute atomic E-state index is 2.43. The Hall–Kier alpha value is -14.8. The van der Waals surface area contributed by atoms with E-state index < -0.39 is 0 Å². The Labute approximate surface area is 668 Å². The number of benzene rings is 19. The molecule has 0 unspecified atom stereocenters. The van der Waals surface area contributed by atoms with Gasteiger partial charge >= 0.3 is 0 Å². The smallest absolute Gasteiger partial charge is 0.00139 e. The van der Waals surface area contributed by atoms with Gasteiger partial charge in [-0.1, -0.05) is 473 Å². The summed E-state index contributed by atoms with van der Waals surface area (Å²) < 4.78 is 0. The van der Waals surface area contributed by atoms with Gasteiger partial charge in [-0.15, -0.1) is 0 Å². The van der Waals surface area contributed by atoms with Crippen LogP contribution in [0.4, 0.5) is 0 Å². The Balaban J connectivity index is 0.959. The Morgan fingerprint density at radius 3 is 0.167 bits per heavy atom. The third-order valence-corrected chi connectivity index (χ3v) is 22.3. The molecule has 0 heteroatoms. The standard InChI is InChI=1S/C114H78/c1-15-43-79(44-16-1)97-99(81-47-19-3-20-48-81)105(87-59-31-9-32-60-87)111(106(88-61-33-10-34-62-88)100(97)82-49-21-4-22-50-82)93-71-75-95(76-72-93)113-109(91-67-39-13-40-68-91)103(85-55-27-7-28-56-85)104(86-57-29-8-30-58-86)110(92-69-41-14-42-70-92)114(113)96-77-73-94(74-78-96)112-107(89-63-35-11-36-64-89)101(83-51-23-5-24-52-83)98(80-45-17-2-18-46-80)102(84-53-25-6-26-54-84)108(112)90-65-37-12-38-66-90/h1-78H. The van der Waals surface area contributed by atoms with Gasteiger partial charge in [0.05, 0.1) is 0 Å². The molecule has 114 heavy (non-hydrogen) atoms. The molecule has 0 fully saturated rings. The van der Waals surface area contributed by atoms with E-state index >= 15 is 0 Å². The molecule has 0 nitrogen and oxygen atoms in total. The molecule has 0 spiro atoms. The van der Waals surface area contributed by atoms with Crippen molar-refractivity contribution in [3.05, 3.63) is 473 Å². The molecule has 19 aromatic carbocycles. The Kier molecular flexibility index (Phi) is 19.3. The minimum absolute atomic E-state index is 1.08. The van der Waals surface area contributed by atoms with Gasteiger partial charge in [0.1, 0.15) is 0 Å². The maximum atomic E-state index is 2.43. The van der Waals surface area contributed by atoms with E-state index in [0.717, 1.165) is 167 Å². The lowest BCUT2D eigenvalue weighted by molar-refractivity contribution is 1.50. The summed E-state index contributed by atoms with van der Waals surface area (Å²) in [5.41, 5.74) is 41.0. The quantitative estimate of drug-likeness (QED) is 0.0803. The first-order valence-corrected chi connectivity index (χ1v) is 39.4. The predicted molar refractivity (Wildman–Crippen MR) is 484 cm³/mol. The van der Waals surface area contributed by atoms with Gasteiger partial charge in [-0.2, -0.15) is 0 Å². The van der Waals surface area contributed by atoms with Gasteiger partial charge in [0.25, 0.3) is 0 Å². The maximum Gasteiger partial charge on any atom is -0.00139 e. The second kappa shape index (κ2) is 31.6. The Morgan fingerprint density at radius 2 is 0.105 bits per heavy atom. The molecule has 0 aliphatic carbocycles. The largest absolute Gasteiger partial charge is 0.0622 e. The summed E-state index contributed by atoms with van der Waals surface area (Å²) in [6.07, 6.45) is 0. The summed E-state index contributed by atoms with van der Waals surface area (Å²) in [7, 11) is 0. The molecule has 0 saturated heterocycles. The average Bonchev–Trinajstić information content (AvgIpc) is 0.727. The molecular formula is C114H78. The molecule has 0 heterocycles. The van der Waals surface area contributed by atoms with Gasteiger partial charge in [0, 0.05) is 0 Å². The normalized spacial score (nSPS) is 11.2. The highest BCUT2D eigenvalue weighted by Crippen LogP contribution is 2.61. The first-order chi connectivity index (χ1) is 56.7. The van der Waals surface area contributed by atoms with Gasteiger partial charge in [0.15, 0.2) is 0 Å². The highest BCUT2D eigenvalue weighted by atomic mass is 14.4. The summed E-state index contributed by atoms with van der Waals surface area (Å²) in [4.78, 5) is 0. The van der Waals surface area contributed by atoms with Crippen LogP contribution in [0.3, 0.4) is 0 Å². The monoisotopic (exact) mass is 1450 g/mol. The second-order valence-electron chi connectivity index (χ2n) is 29.0. The van der Waals surface area contributed by atoms with Crippen LogP contribution < -0.4 is 0 Å². The van der Waals surface area contributed by atoms with Crippen LogP contribution in [-0.4, -0.2) is 0 Å². The van der Waals surface area contributed by atoms with Crippen molar-refractivity contribution in [2.75, 3.05) is 0 Å². The van der Waals surface area contributed by atoms with Crippen LogP contribution in [0.15, 0.2) is 473 Å². The zero-order valence-corrected chi connectivity index (χ0v) is 63.0. The molecule has 0 N–H and O–H groups in total. The third kappa shape index (κ3) is 13.2. The van der Waals surface area contributed by atoms with E-state index in [0.29, 0.717) is 0 Å². The number of hydrogen-bond donors (Lipinski definition) is 0. The summed E-state index contributed by atoms with van der Waals surface area (Å²) >= 11 is 0. The molecule has 0 aromatic heterocycles. The van der Waals surface area contributed by atoms with Gasteiger partial charge < -0.3 is 0 Å². The second-order valence-corrected chi connectivity index (χ2v) is 29.0. The number of rotatable bonds is 18. The van der Waals surface area contributed by atoms with Crippen molar-refractivity contribution in [3.63, 3.8) is 0 Å². The van der Waals surface area contributed by atoms with Crippen molar-refractivity contribution in [1.82, 2.24) is 0 Å². The van der Waals surface area contributed by atoms with E-state index in [1.165, 1.54) is 33.4 Å².